The lowest BCUT2D eigenvalue weighted by molar-refractivity contribution is 0.152. The molecule has 3 nitrogen and oxygen atoms in total. The molecule has 2 unspecified atom stereocenters. The third-order valence-corrected chi connectivity index (χ3v) is 3.73. The van der Waals surface area contributed by atoms with E-state index in [1.54, 1.807) is 7.11 Å². The van der Waals surface area contributed by atoms with Crippen LogP contribution in [0.25, 0.3) is 0 Å². The molecule has 20 heavy (non-hydrogen) atoms. The van der Waals surface area contributed by atoms with Crippen molar-refractivity contribution in [1.29, 1.82) is 0 Å². The molecule has 0 amide bonds. The van der Waals surface area contributed by atoms with Crippen LogP contribution >= 0.6 is 0 Å². The van der Waals surface area contributed by atoms with E-state index in [-0.39, 0.29) is 6.10 Å². The lowest BCUT2D eigenvalue weighted by Crippen LogP contribution is -2.37. The van der Waals surface area contributed by atoms with Gasteiger partial charge in [-0.05, 0) is 57.2 Å². The molecule has 1 aliphatic carbocycles. The van der Waals surface area contributed by atoms with Crippen LogP contribution in [0.5, 0.6) is 5.75 Å². The molecule has 1 fully saturated rings. The van der Waals surface area contributed by atoms with Gasteiger partial charge in [-0.25, -0.2) is 0 Å². The number of rotatable bonds is 8. The first kappa shape index (κ1) is 15.3. The summed E-state index contributed by atoms with van der Waals surface area (Å²) in [7, 11) is 1.78. The summed E-state index contributed by atoms with van der Waals surface area (Å²) >= 11 is 0. The van der Waals surface area contributed by atoms with Gasteiger partial charge in [0.25, 0.3) is 0 Å². The second kappa shape index (κ2) is 7.09. The molecule has 1 aromatic carbocycles. The molecule has 0 heterocycles. The second-order valence-corrected chi connectivity index (χ2v) is 6.03. The molecule has 2 rings (SSSR count). The van der Waals surface area contributed by atoms with Crippen molar-refractivity contribution in [2.45, 2.75) is 51.8 Å². The average molecular weight is 277 g/mol. The SMILES string of the molecule is COCC(NC(C)c1cccc(OC(C)C)c1)C1CC1. The predicted molar refractivity (Wildman–Crippen MR) is 82.1 cm³/mol. The molecule has 2 atom stereocenters. The maximum absolute atomic E-state index is 5.76. The van der Waals surface area contributed by atoms with E-state index < -0.39 is 0 Å². The maximum atomic E-state index is 5.76. The molecule has 1 aromatic rings. The van der Waals surface area contributed by atoms with E-state index >= 15 is 0 Å². The molecule has 1 saturated carbocycles. The Balaban J connectivity index is 1.98. The summed E-state index contributed by atoms with van der Waals surface area (Å²) in [4.78, 5) is 0. The van der Waals surface area contributed by atoms with Crippen LogP contribution in [0.3, 0.4) is 0 Å². The first-order valence-electron chi connectivity index (χ1n) is 7.61. The van der Waals surface area contributed by atoms with Gasteiger partial charge in [-0.2, -0.15) is 0 Å². The summed E-state index contributed by atoms with van der Waals surface area (Å²) < 4.78 is 11.1. The third-order valence-electron chi connectivity index (χ3n) is 3.73. The molecule has 0 aliphatic heterocycles. The highest BCUT2D eigenvalue weighted by Crippen LogP contribution is 2.34. The smallest absolute Gasteiger partial charge is 0.120 e. The van der Waals surface area contributed by atoms with Crippen molar-refractivity contribution in [2.75, 3.05) is 13.7 Å². The van der Waals surface area contributed by atoms with Crippen LogP contribution in [0.1, 0.15) is 45.2 Å². The minimum atomic E-state index is 0.209. The van der Waals surface area contributed by atoms with Crippen molar-refractivity contribution in [1.82, 2.24) is 5.32 Å². The Hall–Kier alpha value is -1.06. The zero-order chi connectivity index (χ0) is 14.5. The lowest BCUT2D eigenvalue weighted by Gasteiger charge is -2.23. The fourth-order valence-corrected chi connectivity index (χ4v) is 2.55. The van der Waals surface area contributed by atoms with Crippen molar-refractivity contribution >= 4 is 0 Å². The van der Waals surface area contributed by atoms with Gasteiger partial charge in [-0.3, -0.25) is 0 Å². The molecule has 0 saturated heterocycles. The maximum Gasteiger partial charge on any atom is 0.120 e. The quantitative estimate of drug-likeness (QED) is 0.788. The number of nitrogens with one attached hydrogen (secondary N) is 1. The highest BCUT2D eigenvalue weighted by Gasteiger charge is 2.31. The van der Waals surface area contributed by atoms with E-state index in [4.69, 9.17) is 9.47 Å². The van der Waals surface area contributed by atoms with Crippen molar-refractivity contribution in [2.24, 2.45) is 5.92 Å². The molecule has 0 radical (unpaired) electrons. The Morgan fingerprint density at radius 3 is 2.60 bits per heavy atom. The number of hydrogen-bond donors (Lipinski definition) is 1. The van der Waals surface area contributed by atoms with Crippen LogP contribution in [-0.2, 0) is 4.74 Å². The second-order valence-electron chi connectivity index (χ2n) is 6.03. The Bertz CT molecular complexity index is 415. The molecular formula is C17H27NO2. The van der Waals surface area contributed by atoms with Crippen LogP contribution in [0.15, 0.2) is 24.3 Å². The largest absolute Gasteiger partial charge is 0.491 e. The van der Waals surface area contributed by atoms with Crippen molar-refractivity contribution in [3.8, 4) is 5.75 Å². The Labute approximate surface area is 122 Å². The van der Waals surface area contributed by atoms with Crippen LogP contribution in [0.4, 0.5) is 0 Å². The van der Waals surface area contributed by atoms with E-state index in [1.165, 1.54) is 18.4 Å². The van der Waals surface area contributed by atoms with Crippen molar-refractivity contribution in [3.05, 3.63) is 29.8 Å². The molecule has 1 aliphatic rings. The van der Waals surface area contributed by atoms with Crippen LogP contribution in [0.2, 0.25) is 0 Å². The van der Waals surface area contributed by atoms with Gasteiger partial charge < -0.3 is 14.8 Å². The van der Waals surface area contributed by atoms with Gasteiger partial charge in [0.2, 0.25) is 0 Å². The first-order chi connectivity index (χ1) is 9.60. The topological polar surface area (TPSA) is 30.5 Å². The minimum Gasteiger partial charge on any atom is -0.491 e. The molecule has 0 bridgehead atoms. The Kier molecular flexibility index (Phi) is 5.44. The first-order valence-corrected chi connectivity index (χ1v) is 7.61. The van der Waals surface area contributed by atoms with Crippen molar-refractivity contribution < 1.29 is 9.47 Å². The average Bonchev–Trinajstić information content (AvgIpc) is 3.22. The fraction of sp³-hybridized carbons (Fsp3) is 0.647. The predicted octanol–water partition coefficient (Wildman–Crippen LogP) is 3.55. The van der Waals surface area contributed by atoms with Gasteiger partial charge in [-0.15, -0.1) is 0 Å². The van der Waals surface area contributed by atoms with E-state index in [1.807, 2.05) is 6.07 Å². The van der Waals surface area contributed by atoms with E-state index in [9.17, 15) is 0 Å². The van der Waals surface area contributed by atoms with Crippen LogP contribution in [0, 0.1) is 5.92 Å². The van der Waals surface area contributed by atoms with E-state index in [0.717, 1.165) is 18.3 Å². The highest BCUT2D eigenvalue weighted by molar-refractivity contribution is 5.30. The van der Waals surface area contributed by atoms with Gasteiger partial charge in [-0.1, -0.05) is 12.1 Å². The molecular weight excluding hydrogens is 250 g/mol. The van der Waals surface area contributed by atoms with E-state index in [2.05, 4.69) is 44.3 Å². The van der Waals surface area contributed by atoms with Gasteiger partial charge in [0.05, 0.1) is 12.7 Å². The molecule has 3 heteroatoms. The standard InChI is InChI=1S/C17H27NO2/c1-12(2)20-16-7-5-6-15(10-16)13(3)18-17(11-19-4)14-8-9-14/h5-7,10,12-14,17-18H,8-9,11H2,1-4H3. The number of methoxy groups -OCH3 is 1. The summed E-state index contributed by atoms with van der Waals surface area (Å²) in [6.07, 6.45) is 2.86. The third kappa shape index (κ3) is 4.50. The zero-order valence-corrected chi connectivity index (χ0v) is 13.1. The Morgan fingerprint density at radius 2 is 2.00 bits per heavy atom. The monoisotopic (exact) mass is 277 g/mol. The molecule has 1 N–H and O–H groups in total. The van der Waals surface area contributed by atoms with Gasteiger partial charge >= 0.3 is 0 Å². The number of hydrogen-bond acceptors (Lipinski definition) is 3. The summed E-state index contributed by atoms with van der Waals surface area (Å²) in [6.45, 7) is 7.10. The van der Waals surface area contributed by atoms with E-state index in [0.29, 0.717) is 12.1 Å². The van der Waals surface area contributed by atoms with Gasteiger partial charge in [0, 0.05) is 19.2 Å². The number of benzene rings is 1. The lowest BCUT2D eigenvalue weighted by atomic mass is 10.1. The van der Waals surface area contributed by atoms with Crippen molar-refractivity contribution in [3.63, 3.8) is 0 Å². The summed E-state index contributed by atoms with van der Waals surface area (Å²) in [5.74, 6) is 1.73. The summed E-state index contributed by atoms with van der Waals surface area (Å²) in [5, 5.41) is 3.70. The molecule has 0 spiro atoms. The zero-order valence-electron chi connectivity index (χ0n) is 13.1. The Morgan fingerprint density at radius 1 is 1.25 bits per heavy atom. The minimum absolute atomic E-state index is 0.209. The fourth-order valence-electron chi connectivity index (χ4n) is 2.55. The number of ether oxygens (including phenoxy) is 2. The van der Waals surface area contributed by atoms with Crippen LogP contribution < -0.4 is 10.1 Å². The van der Waals surface area contributed by atoms with Gasteiger partial charge in [0.15, 0.2) is 0 Å². The molecule has 112 valence electrons. The summed E-state index contributed by atoms with van der Waals surface area (Å²) in [6, 6.07) is 9.14. The highest BCUT2D eigenvalue weighted by atomic mass is 16.5. The summed E-state index contributed by atoms with van der Waals surface area (Å²) in [5.41, 5.74) is 1.27. The normalized spacial score (nSPS) is 18.1. The molecule has 0 aromatic heterocycles. The van der Waals surface area contributed by atoms with Gasteiger partial charge in [0.1, 0.15) is 5.75 Å². The van der Waals surface area contributed by atoms with Crippen LogP contribution in [-0.4, -0.2) is 25.9 Å².